The monoisotopic (exact) mass is 512 g/mol. The second-order valence-corrected chi connectivity index (χ2v) is 7.40. The van der Waals surface area contributed by atoms with Gasteiger partial charge in [0.15, 0.2) is 5.96 Å². The first-order valence-corrected chi connectivity index (χ1v) is 9.62. The fraction of sp³-hybridized carbons (Fsp3) is 0.476. The molecule has 3 N–H and O–H groups in total. The summed E-state index contributed by atoms with van der Waals surface area (Å²) in [5, 5.41) is 14.0. The van der Waals surface area contributed by atoms with Crippen LogP contribution < -0.4 is 16.0 Å². The molecule has 0 saturated carbocycles. The number of benzene rings is 1. The van der Waals surface area contributed by atoms with Crippen molar-refractivity contribution >= 4 is 41.5 Å². The van der Waals surface area contributed by atoms with E-state index in [-0.39, 0.29) is 29.9 Å². The maximum atomic E-state index is 12.0. The van der Waals surface area contributed by atoms with E-state index in [4.69, 9.17) is 0 Å². The maximum absolute atomic E-state index is 12.0. The highest BCUT2D eigenvalue weighted by atomic mass is 127. The predicted molar refractivity (Wildman–Crippen MR) is 130 cm³/mol. The zero-order chi connectivity index (χ0) is 20.7. The number of carbonyl (C=O) groups excluding carboxylic acids is 1. The van der Waals surface area contributed by atoms with Crippen LogP contribution in [-0.4, -0.2) is 28.7 Å². The fourth-order valence-corrected chi connectivity index (χ4v) is 2.99. The maximum Gasteiger partial charge on any atom is 0.224 e. The summed E-state index contributed by atoms with van der Waals surface area (Å²) < 4.78 is 1.89. The Bertz CT molecular complexity index is 844. The van der Waals surface area contributed by atoms with Crippen molar-refractivity contribution in [3.63, 3.8) is 0 Å². The van der Waals surface area contributed by atoms with E-state index in [9.17, 15) is 4.79 Å². The number of anilines is 1. The van der Waals surface area contributed by atoms with Crippen LogP contribution in [0.15, 0.2) is 29.3 Å². The van der Waals surface area contributed by atoms with Crippen LogP contribution in [-0.2, 0) is 24.9 Å². The molecule has 2 aromatic rings. The number of hydrogen-bond donors (Lipinski definition) is 3. The van der Waals surface area contributed by atoms with Gasteiger partial charge in [0.1, 0.15) is 0 Å². The first-order chi connectivity index (χ1) is 13.3. The van der Waals surface area contributed by atoms with Crippen molar-refractivity contribution in [3.8, 4) is 0 Å². The lowest BCUT2D eigenvalue weighted by atomic mass is 10.1. The van der Waals surface area contributed by atoms with Crippen LogP contribution in [0.25, 0.3) is 0 Å². The topological polar surface area (TPSA) is 83.3 Å². The summed E-state index contributed by atoms with van der Waals surface area (Å²) in [5.41, 5.74) is 5.23. The van der Waals surface area contributed by atoms with E-state index >= 15 is 0 Å². The number of guanidine groups is 1. The van der Waals surface area contributed by atoms with Crippen LogP contribution in [0.4, 0.5) is 5.69 Å². The van der Waals surface area contributed by atoms with Gasteiger partial charge < -0.3 is 16.0 Å². The highest BCUT2D eigenvalue weighted by Gasteiger charge is 2.10. The molecule has 0 aliphatic rings. The van der Waals surface area contributed by atoms with E-state index in [2.05, 4.69) is 33.0 Å². The van der Waals surface area contributed by atoms with Gasteiger partial charge in [0.2, 0.25) is 5.91 Å². The van der Waals surface area contributed by atoms with E-state index in [1.807, 2.05) is 56.8 Å². The lowest BCUT2D eigenvalue weighted by Crippen LogP contribution is -2.36. The Hall–Kier alpha value is -2.10. The third-order valence-corrected chi connectivity index (χ3v) is 4.58. The molecule has 1 aromatic carbocycles. The Morgan fingerprint density at radius 1 is 1.21 bits per heavy atom. The van der Waals surface area contributed by atoms with Crippen LogP contribution in [0.3, 0.4) is 0 Å². The molecule has 0 aliphatic heterocycles. The van der Waals surface area contributed by atoms with Crippen molar-refractivity contribution < 1.29 is 4.79 Å². The number of carbonyl (C=O) groups is 1. The molecule has 8 heteroatoms. The van der Waals surface area contributed by atoms with Gasteiger partial charge in [-0.05, 0) is 37.5 Å². The van der Waals surface area contributed by atoms with Crippen LogP contribution in [0.5, 0.6) is 0 Å². The highest BCUT2D eigenvalue weighted by molar-refractivity contribution is 14.0. The van der Waals surface area contributed by atoms with Gasteiger partial charge in [-0.2, -0.15) is 5.10 Å². The van der Waals surface area contributed by atoms with Crippen molar-refractivity contribution in [2.45, 2.75) is 47.2 Å². The van der Waals surface area contributed by atoms with Gasteiger partial charge in [0, 0.05) is 50.6 Å². The number of rotatable bonds is 7. The minimum absolute atomic E-state index is 0. The Morgan fingerprint density at radius 3 is 2.48 bits per heavy atom. The largest absolute Gasteiger partial charge is 0.352 e. The molecular formula is C21H33IN6O. The summed E-state index contributed by atoms with van der Waals surface area (Å²) >= 11 is 0. The number of nitrogens with zero attached hydrogens (tertiary/aromatic N) is 3. The zero-order valence-corrected chi connectivity index (χ0v) is 20.5. The summed E-state index contributed by atoms with van der Waals surface area (Å²) in [5.74, 6) is 1.10. The van der Waals surface area contributed by atoms with Gasteiger partial charge in [0.05, 0.1) is 5.69 Å². The molecule has 1 heterocycles. The Balaban J connectivity index is 0.00000420. The number of aryl methyl sites for hydroxylation is 2. The first-order valence-electron chi connectivity index (χ1n) is 9.62. The zero-order valence-electron chi connectivity index (χ0n) is 18.2. The number of nitrogens with one attached hydrogen (secondary N) is 3. The summed E-state index contributed by atoms with van der Waals surface area (Å²) in [6.07, 6.45) is 0.520. The van der Waals surface area contributed by atoms with Crippen molar-refractivity contribution in [2.75, 3.05) is 12.4 Å². The number of amides is 1. The second-order valence-electron chi connectivity index (χ2n) is 7.40. The normalized spacial score (nSPS) is 11.2. The van der Waals surface area contributed by atoms with Crippen LogP contribution in [0.2, 0.25) is 0 Å². The summed E-state index contributed by atoms with van der Waals surface area (Å²) in [4.78, 5) is 16.2. The van der Waals surface area contributed by atoms with E-state index < -0.39 is 0 Å². The lowest BCUT2D eigenvalue weighted by Gasteiger charge is -2.13. The summed E-state index contributed by atoms with van der Waals surface area (Å²) in [6.45, 7) is 9.42. The molecule has 1 amide bonds. The molecule has 0 spiro atoms. The predicted octanol–water partition coefficient (Wildman–Crippen LogP) is 3.50. The van der Waals surface area contributed by atoms with Gasteiger partial charge in [-0.25, -0.2) is 0 Å². The Kier molecular flexibility index (Phi) is 10.1. The fourth-order valence-electron chi connectivity index (χ4n) is 2.99. The Morgan fingerprint density at radius 2 is 1.90 bits per heavy atom. The van der Waals surface area contributed by atoms with Crippen molar-refractivity contribution in [3.05, 3.63) is 46.8 Å². The summed E-state index contributed by atoms with van der Waals surface area (Å²) in [6, 6.07) is 7.85. The molecule has 0 bridgehead atoms. The van der Waals surface area contributed by atoms with Crippen LogP contribution in [0, 0.1) is 19.8 Å². The number of aliphatic imine (C=N–C) groups is 1. The van der Waals surface area contributed by atoms with Crippen LogP contribution >= 0.6 is 24.0 Å². The lowest BCUT2D eigenvalue weighted by molar-refractivity contribution is -0.116. The van der Waals surface area contributed by atoms with Crippen LogP contribution in [0.1, 0.15) is 42.8 Å². The minimum Gasteiger partial charge on any atom is -0.352 e. The quantitative estimate of drug-likeness (QED) is 0.301. The first kappa shape index (κ1) is 24.9. The molecule has 0 atom stereocenters. The Labute approximate surface area is 190 Å². The van der Waals surface area contributed by atoms with Crippen molar-refractivity contribution in [2.24, 2.45) is 18.0 Å². The summed E-state index contributed by atoms with van der Waals surface area (Å²) in [7, 11) is 3.70. The molecule has 29 heavy (non-hydrogen) atoms. The average Bonchev–Trinajstić information content (AvgIpc) is 2.87. The second kappa shape index (κ2) is 11.8. The molecule has 0 fully saturated rings. The third kappa shape index (κ3) is 7.68. The average molecular weight is 512 g/mol. The van der Waals surface area contributed by atoms with Gasteiger partial charge in [-0.3, -0.25) is 14.5 Å². The molecule has 0 radical (unpaired) electrons. The SMILES string of the molecule is CN=C(NCc1cccc(NC(=O)CC(C)C)c1)NCc1c(C)nn(C)c1C.I. The molecule has 7 nitrogen and oxygen atoms in total. The standard InChI is InChI=1S/C21H32N6O.HI/c1-14(2)10-20(28)25-18-9-7-8-17(11-18)12-23-21(22-5)24-13-19-15(3)26-27(6)16(19)4;/h7-9,11,14H,10,12-13H2,1-6H3,(H,25,28)(H2,22,23,24);1H. The number of halogens is 1. The molecule has 2 rings (SSSR count). The third-order valence-electron chi connectivity index (χ3n) is 4.58. The van der Waals surface area contributed by atoms with E-state index in [0.717, 1.165) is 28.6 Å². The van der Waals surface area contributed by atoms with E-state index in [0.29, 0.717) is 25.4 Å². The highest BCUT2D eigenvalue weighted by Crippen LogP contribution is 2.13. The van der Waals surface area contributed by atoms with E-state index in [1.165, 1.54) is 5.56 Å². The van der Waals surface area contributed by atoms with Gasteiger partial charge in [-0.1, -0.05) is 26.0 Å². The smallest absolute Gasteiger partial charge is 0.224 e. The molecule has 1 aromatic heterocycles. The van der Waals surface area contributed by atoms with Crippen molar-refractivity contribution in [1.82, 2.24) is 20.4 Å². The molecule has 0 aliphatic carbocycles. The van der Waals surface area contributed by atoms with Gasteiger partial charge >= 0.3 is 0 Å². The molecule has 0 saturated heterocycles. The van der Waals surface area contributed by atoms with Crippen molar-refractivity contribution in [1.29, 1.82) is 0 Å². The number of hydrogen-bond acceptors (Lipinski definition) is 3. The van der Waals surface area contributed by atoms with Gasteiger partial charge in [0.25, 0.3) is 0 Å². The van der Waals surface area contributed by atoms with E-state index in [1.54, 1.807) is 7.05 Å². The number of aromatic nitrogens is 2. The molecule has 160 valence electrons. The van der Waals surface area contributed by atoms with Gasteiger partial charge in [-0.15, -0.1) is 24.0 Å². The minimum atomic E-state index is 0. The molecule has 0 unspecified atom stereocenters. The molecular weight excluding hydrogens is 479 g/mol.